The third-order valence-corrected chi connectivity index (χ3v) is 3.87. The van der Waals surface area contributed by atoms with E-state index in [-0.39, 0.29) is 11.6 Å². The summed E-state index contributed by atoms with van der Waals surface area (Å²) in [7, 11) is 0. The molecule has 1 saturated heterocycles. The topological polar surface area (TPSA) is 147 Å². The summed E-state index contributed by atoms with van der Waals surface area (Å²) in [6.07, 6.45) is -4.85. The number of nitrogen functional groups attached to an aromatic ring is 1. The Morgan fingerprint density at radius 2 is 2.19 bits per heavy atom. The molecule has 21 heavy (non-hydrogen) atoms. The number of hydrogen-bond donors (Lipinski definition) is 5. The van der Waals surface area contributed by atoms with E-state index in [9.17, 15) is 15.0 Å². The predicted octanol–water partition coefficient (Wildman–Crippen LogP) is -1.37. The molecule has 10 heteroatoms. The molecular weight excluding hydrogens is 348 g/mol. The van der Waals surface area contributed by atoms with Crippen LogP contribution in [0.5, 0.6) is 0 Å². The maximum Gasteiger partial charge on any atom is 0.330 e. The number of anilines is 1. The van der Waals surface area contributed by atoms with Gasteiger partial charge >= 0.3 is 5.69 Å². The predicted molar refractivity (Wildman–Crippen MR) is 74.6 cm³/mol. The molecule has 114 valence electrons. The van der Waals surface area contributed by atoms with Crippen molar-refractivity contribution in [1.29, 1.82) is 0 Å². The number of hydrogen-bond acceptors (Lipinski definition) is 7. The number of aliphatic hydroxyl groups is 3. The number of H-pyrrole nitrogens is 1. The SMILES string of the molecule is Nc1[nH]c(=O)n([C@H]2O[C@@H](CO)[C@H](O)[C@H]2O)c2nc(Br)cc1-2. The number of nitrogens with zero attached hydrogens (tertiary/aromatic N) is 2. The summed E-state index contributed by atoms with van der Waals surface area (Å²) in [5.41, 5.74) is 5.56. The fourth-order valence-electron chi connectivity index (χ4n) is 2.43. The van der Waals surface area contributed by atoms with Crippen molar-refractivity contribution < 1.29 is 20.1 Å². The van der Waals surface area contributed by atoms with E-state index in [0.717, 1.165) is 4.57 Å². The van der Waals surface area contributed by atoms with Crippen molar-refractivity contribution in [3.63, 3.8) is 0 Å². The summed E-state index contributed by atoms with van der Waals surface area (Å²) in [4.78, 5) is 18.7. The Balaban J connectivity index is 2.16. The van der Waals surface area contributed by atoms with Crippen molar-refractivity contribution in [1.82, 2.24) is 14.5 Å². The summed E-state index contributed by atoms with van der Waals surface area (Å²) in [6, 6.07) is 1.61. The maximum atomic E-state index is 12.1. The highest BCUT2D eigenvalue weighted by atomic mass is 79.9. The van der Waals surface area contributed by atoms with Gasteiger partial charge in [-0.1, -0.05) is 0 Å². The molecule has 0 aromatic carbocycles. The quantitative estimate of drug-likeness (QED) is 0.444. The Morgan fingerprint density at radius 3 is 2.81 bits per heavy atom. The summed E-state index contributed by atoms with van der Waals surface area (Å²) < 4.78 is 6.89. The first-order valence-electron chi connectivity index (χ1n) is 6.12. The molecule has 3 aliphatic heterocycles. The first-order valence-corrected chi connectivity index (χ1v) is 6.92. The standard InChI is InChI=1S/C11H13BrN4O5/c12-5-1-3-8(13)15-11(20)16(9(3)14-5)10-7(19)6(18)4(2-17)21-10/h1,4,6-7,10,17-19H,2,13H2,(H,15,20)/t4-,6-,7+,10-/m0/s1. The van der Waals surface area contributed by atoms with Gasteiger partial charge in [-0.2, -0.15) is 0 Å². The summed E-state index contributed by atoms with van der Waals surface area (Å²) in [5, 5.41) is 29.0. The first-order chi connectivity index (χ1) is 9.93. The van der Waals surface area contributed by atoms with Gasteiger partial charge in [0.1, 0.15) is 28.7 Å². The number of nitrogens with one attached hydrogen (secondary N) is 1. The minimum absolute atomic E-state index is 0.135. The van der Waals surface area contributed by atoms with Crippen molar-refractivity contribution in [3.05, 3.63) is 21.2 Å². The number of aromatic amines is 1. The molecular formula is C11H13BrN4O5. The zero-order chi connectivity index (χ0) is 15.3. The number of nitrogens with two attached hydrogens (primary N) is 1. The van der Waals surface area contributed by atoms with Gasteiger partial charge in [0.05, 0.1) is 12.2 Å². The zero-order valence-electron chi connectivity index (χ0n) is 10.6. The van der Waals surface area contributed by atoms with Crippen LogP contribution in [0.3, 0.4) is 0 Å². The summed E-state index contributed by atoms with van der Waals surface area (Å²) >= 11 is 3.19. The molecule has 0 aliphatic carbocycles. The summed E-state index contributed by atoms with van der Waals surface area (Å²) in [6.45, 7) is -0.483. The van der Waals surface area contributed by atoms with Crippen LogP contribution < -0.4 is 11.4 Å². The lowest BCUT2D eigenvalue weighted by molar-refractivity contribution is -0.0544. The van der Waals surface area contributed by atoms with E-state index in [1.807, 2.05) is 0 Å². The molecule has 0 aromatic heterocycles. The molecule has 0 unspecified atom stereocenters. The van der Waals surface area contributed by atoms with Crippen LogP contribution in [0, 0.1) is 0 Å². The number of halogens is 1. The van der Waals surface area contributed by atoms with Gasteiger partial charge < -0.3 is 25.8 Å². The fourth-order valence-corrected chi connectivity index (χ4v) is 2.82. The third-order valence-electron chi connectivity index (χ3n) is 3.47. The van der Waals surface area contributed by atoms with E-state index >= 15 is 0 Å². The molecule has 1 fully saturated rings. The molecule has 3 rings (SSSR count). The van der Waals surface area contributed by atoms with E-state index in [2.05, 4.69) is 25.9 Å². The van der Waals surface area contributed by atoms with E-state index < -0.39 is 36.8 Å². The average Bonchev–Trinajstić information content (AvgIpc) is 2.94. The molecule has 6 N–H and O–H groups in total. The minimum atomic E-state index is -1.38. The molecule has 0 spiro atoms. The average molecular weight is 361 g/mol. The van der Waals surface area contributed by atoms with Gasteiger partial charge in [0.15, 0.2) is 12.1 Å². The Bertz CT molecular complexity index is 701. The van der Waals surface area contributed by atoms with Crippen LogP contribution in [0.2, 0.25) is 0 Å². The van der Waals surface area contributed by atoms with Crippen LogP contribution >= 0.6 is 15.9 Å². The van der Waals surface area contributed by atoms with Gasteiger partial charge in [0.25, 0.3) is 0 Å². The van der Waals surface area contributed by atoms with Gasteiger partial charge in [-0.05, 0) is 22.0 Å². The Hall–Kier alpha value is -1.46. The fraction of sp³-hybridized carbons (Fsp3) is 0.455. The number of rotatable bonds is 2. The molecule has 0 amide bonds. The van der Waals surface area contributed by atoms with Gasteiger partial charge in [0.2, 0.25) is 0 Å². The molecule has 0 saturated carbocycles. The van der Waals surface area contributed by atoms with Crippen LogP contribution in [-0.4, -0.2) is 54.8 Å². The molecule has 4 atom stereocenters. The van der Waals surface area contributed by atoms with Crippen molar-refractivity contribution >= 4 is 21.7 Å². The van der Waals surface area contributed by atoms with Gasteiger partial charge in [-0.25, -0.2) is 14.3 Å². The van der Waals surface area contributed by atoms with Crippen LogP contribution in [0.4, 0.5) is 5.82 Å². The Kier molecular flexibility index (Phi) is 3.50. The zero-order valence-corrected chi connectivity index (χ0v) is 12.2. The third kappa shape index (κ3) is 2.15. The second-order valence-electron chi connectivity index (χ2n) is 4.76. The summed E-state index contributed by atoms with van der Waals surface area (Å²) in [5.74, 6) is 0.342. The van der Waals surface area contributed by atoms with E-state index in [0.29, 0.717) is 10.2 Å². The lowest BCUT2D eigenvalue weighted by Crippen LogP contribution is -2.37. The highest BCUT2D eigenvalue weighted by Gasteiger charge is 2.45. The van der Waals surface area contributed by atoms with Crippen LogP contribution in [0.25, 0.3) is 11.4 Å². The van der Waals surface area contributed by atoms with Crippen LogP contribution in [0.1, 0.15) is 6.23 Å². The second-order valence-corrected chi connectivity index (χ2v) is 5.57. The minimum Gasteiger partial charge on any atom is -0.394 e. The molecule has 0 radical (unpaired) electrons. The Morgan fingerprint density at radius 1 is 1.48 bits per heavy atom. The number of fused-ring (bicyclic) bond motifs is 1. The lowest BCUT2D eigenvalue weighted by Gasteiger charge is -2.20. The normalized spacial score (nSPS) is 29.3. The van der Waals surface area contributed by atoms with Crippen molar-refractivity contribution in [2.45, 2.75) is 24.5 Å². The van der Waals surface area contributed by atoms with Gasteiger partial charge in [0, 0.05) is 0 Å². The Labute approximate surface area is 126 Å². The van der Waals surface area contributed by atoms with Gasteiger partial charge in [-0.3, -0.25) is 4.98 Å². The molecule has 3 heterocycles. The molecule has 3 aliphatic rings. The number of aliphatic hydroxyl groups excluding tert-OH is 3. The highest BCUT2D eigenvalue weighted by Crippen LogP contribution is 2.34. The van der Waals surface area contributed by atoms with Crippen LogP contribution in [0.15, 0.2) is 15.5 Å². The van der Waals surface area contributed by atoms with Crippen molar-refractivity contribution in [2.75, 3.05) is 12.3 Å². The monoisotopic (exact) mass is 360 g/mol. The number of ether oxygens (including phenoxy) is 1. The van der Waals surface area contributed by atoms with E-state index in [1.165, 1.54) is 0 Å². The largest absolute Gasteiger partial charge is 0.394 e. The van der Waals surface area contributed by atoms with Crippen molar-refractivity contribution in [3.8, 4) is 11.4 Å². The van der Waals surface area contributed by atoms with E-state index in [4.69, 9.17) is 15.6 Å². The molecule has 9 nitrogen and oxygen atoms in total. The number of aromatic nitrogens is 3. The molecule has 0 bridgehead atoms. The first kappa shape index (κ1) is 14.5. The molecule has 0 aromatic rings. The maximum absolute atomic E-state index is 12.1. The smallest absolute Gasteiger partial charge is 0.330 e. The van der Waals surface area contributed by atoms with Crippen molar-refractivity contribution in [2.24, 2.45) is 0 Å². The van der Waals surface area contributed by atoms with Crippen LogP contribution in [-0.2, 0) is 4.74 Å². The highest BCUT2D eigenvalue weighted by molar-refractivity contribution is 9.10. The second kappa shape index (κ2) is 5.07. The van der Waals surface area contributed by atoms with E-state index in [1.54, 1.807) is 6.07 Å². The lowest BCUT2D eigenvalue weighted by atomic mass is 10.1. The van der Waals surface area contributed by atoms with Gasteiger partial charge in [-0.15, -0.1) is 0 Å².